The zero-order valence-electron chi connectivity index (χ0n) is 15.1. The van der Waals surface area contributed by atoms with Crippen molar-refractivity contribution in [2.75, 3.05) is 18.1 Å². The van der Waals surface area contributed by atoms with Gasteiger partial charge in [-0.3, -0.25) is 4.98 Å². The average Bonchev–Trinajstić information content (AvgIpc) is 2.62. The first kappa shape index (κ1) is 22.2. The fourth-order valence-corrected chi connectivity index (χ4v) is 4.20. The van der Waals surface area contributed by atoms with E-state index in [4.69, 9.17) is 3.07 Å². The minimum Gasteiger partial charge on any atom is -0.315 e. The highest BCUT2D eigenvalue weighted by Crippen LogP contribution is 2.13. The van der Waals surface area contributed by atoms with Crippen molar-refractivity contribution < 1.29 is 3.07 Å². The molecule has 0 N–H and O–H groups in total. The van der Waals surface area contributed by atoms with Gasteiger partial charge in [-0.2, -0.15) is 11.8 Å². The molecule has 0 spiro atoms. The molecular weight excluding hydrogens is 429 g/mol. The highest BCUT2D eigenvalue weighted by molar-refractivity contribution is 14.1. The standard InChI is InChI=1S/C20H34INOS/c21-23-16-18-24-17-11-9-7-5-3-1-2-4-6-8-10-13-20-14-12-15-22-19-20/h12,14-15,19H,1-11,13,16-18H2. The molecule has 4 heteroatoms. The van der Waals surface area contributed by atoms with Crippen LogP contribution in [0.2, 0.25) is 0 Å². The van der Waals surface area contributed by atoms with E-state index in [1.165, 1.54) is 88.4 Å². The van der Waals surface area contributed by atoms with Crippen LogP contribution in [0.1, 0.15) is 76.2 Å². The third-order valence-corrected chi connectivity index (χ3v) is 5.75. The molecule has 0 saturated heterocycles. The Bertz CT molecular complexity index is 364. The lowest BCUT2D eigenvalue weighted by atomic mass is 10.0. The second-order valence-electron chi connectivity index (χ2n) is 6.43. The lowest BCUT2D eigenvalue weighted by Crippen LogP contribution is -1.90. The fraction of sp³-hybridized carbons (Fsp3) is 0.750. The van der Waals surface area contributed by atoms with Crippen molar-refractivity contribution in [3.05, 3.63) is 30.1 Å². The van der Waals surface area contributed by atoms with Gasteiger partial charge in [0.15, 0.2) is 0 Å². The number of hydrogen-bond donors (Lipinski definition) is 0. The summed E-state index contributed by atoms with van der Waals surface area (Å²) in [5, 5.41) is 0. The number of unbranched alkanes of at least 4 members (excludes halogenated alkanes) is 10. The van der Waals surface area contributed by atoms with Gasteiger partial charge in [0, 0.05) is 18.1 Å². The summed E-state index contributed by atoms with van der Waals surface area (Å²) >= 11 is 4.00. The maximum Gasteiger partial charge on any atom is 0.109 e. The predicted molar refractivity (Wildman–Crippen MR) is 116 cm³/mol. The first-order valence-corrected chi connectivity index (χ1v) is 11.7. The molecule has 0 fully saturated rings. The molecule has 0 bridgehead atoms. The monoisotopic (exact) mass is 463 g/mol. The number of nitrogens with zero attached hydrogens (tertiary/aromatic N) is 1. The van der Waals surface area contributed by atoms with Crippen molar-refractivity contribution >= 4 is 34.8 Å². The number of hydrogen-bond acceptors (Lipinski definition) is 3. The van der Waals surface area contributed by atoms with E-state index in [9.17, 15) is 0 Å². The second kappa shape index (κ2) is 18.0. The van der Waals surface area contributed by atoms with Crippen molar-refractivity contribution in [1.29, 1.82) is 0 Å². The molecule has 0 radical (unpaired) electrons. The average molecular weight is 463 g/mol. The molecule has 0 atom stereocenters. The third-order valence-electron chi connectivity index (χ3n) is 4.28. The maximum absolute atomic E-state index is 5.02. The molecule has 0 saturated carbocycles. The number of thioether (sulfide) groups is 1. The number of aryl methyl sites for hydroxylation is 1. The Morgan fingerprint density at radius 1 is 0.833 bits per heavy atom. The van der Waals surface area contributed by atoms with Gasteiger partial charge < -0.3 is 3.07 Å². The quantitative estimate of drug-likeness (QED) is 0.183. The van der Waals surface area contributed by atoms with Crippen LogP contribution in [-0.2, 0) is 9.49 Å². The number of pyridine rings is 1. The molecular formula is C20H34INOS. The molecule has 1 rings (SSSR count). The molecule has 1 aromatic heterocycles. The Balaban J connectivity index is 1.70. The summed E-state index contributed by atoms with van der Waals surface area (Å²) in [7, 11) is 0. The molecule has 1 heterocycles. The van der Waals surface area contributed by atoms with E-state index in [1.807, 2.05) is 53.2 Å². The van der Waals surface area contributed by atoms with Crippen LogP contribution in [0.15, 0.2) is 24.5 Å². The molecule has 0 unspecified atom stereocenters. The first-order valence-electron chi connectivity index (χ1n) is 9.63. The molecule has 138 valence electrons. The van der Waals surface area contributed by atoms with E-state index in [-0.39, 0.29) is 0 Å². The van der Waals surface area contributed by atoms with Crippen LogP contribution in [0.25, 0.3) is 0 Å². The Kier molecular flexibility index (Phi) is 16.7. The Morgan fingerprint density at radius 3 is 2.04 bits per heavy atom. The van der Waals surface area contributed by atoms with Gasteiger partial charge in [-0.25, -0.2) is 0 Å². The van der Waals surface area contributed by atoms with Crippen molar-refractivity contribution in [2.24, 2.45) is 0 Å². The van der Waals surface area contributed by atoms with Gasteiger partial charge in [0.1, 0.15) is 23.0 Å². The van der Waals surface area contributed by atoms with Crippen LogP contribution in [0.5, 0.6) is 0 Å². The van der Waals surface area contributed by atoms with Gasteiger partial charge in [0.05, 0.1) is 6.61 Å². The summed E-state index contributed by atoms with van der Waals surface area (Å²) in [5.74, 6) is 2.45. The zero-order valence-corrected chi connectivity index (χ0v) is 18.0. The van der Waals surface area contributed by atoms with Gasteiger partial charge in [0.2, 0.25) is 0 Å². The minimum atomic E-state index is 0.884. The summed E-state index contributed by atoms with van der Waals surface area (Å²) in [6.45, 7) is 0.884. The molecule has 0 aliphatic rings. The van der Waals surface area contributed by atoms with Crippen LogP contribution in [0, 0.1) is 0 Å². The van der Waals surface area contributed by atoms with Gasteiger partial charge in [-0.1, -0.05) is 63.9 Å². The van der Waals surface area contributed by atoms with E-state index in [1.54, 1.807) is 0 Å². The van der Waals surface area contributed by atoms with Crippen molar-refractivity contribution in [3.8, 4) is 0 Å². The van der Waals surface area contributed by atoms with E-state index >= 15 is 0 Å². The SMILES string of the molecule is IOCCSCCCCCCCCCCCCCc1cccnc1. The summed E-state index contributed by atoms with van der Waals surface area (Å²) in [5.41, 5.74) is 1.38. The Morgan fingerprint density at radius 2 is 1.46 bits per heavy atom. The number of halogens is 1. The lowest BCUT2D eigenvalue weighted by molar-refractivity contribution is 0.463. The zero-order chi connectivity index (χ0) is 17.1. The topological polar surface area (TPSA) is 22.1 Å². The molecule has 0 aromatic carbocycles. The highest BCUT2D eigenvalue weighted by atomic mass is 127. The smallest absolute Gasteiger partial charge is 0.109 e. The van der Waals surface area contributed by atoms with Gasteiger partial charge in [0.25, 0.3) is 0 Å². The predicted octanol–water partition coefficient (Wildman–Crippen LogP) is 7.02. The maximum atomic E-state index is 5.02. The summed E-state index contributed by atoms with van der Waals surface area (Å²) in [6, 6.07) is 4.22. The Labute approximate surface area is 167 Å². The summed E-state index contributed by atoms with van der Waals surface area (Å²) in [4.78, 5) is 4.17. The molecule has 0 aliphatic carbocycles. The van der Waals surface area contributed by atoms with Crippen LogP contribution in [0.3, 0.4) is 0 Å². The molecule has 24 heavy (non-hydrogen) atoms. The normalized spacial score (nSPS) is 11.0. The summed E-state index contributed by atoms with van der Waals surface area (Å²) in [6.07, 6.45) is 20.5. The fourth-order valence-electron chi connectivity index (χ4n) is 2.86. The second-order valence-corrected chi connectivity index (χ2v) is 8.27. The van der Waals surface area contributed by atoms with Crippen LogP contribution < -0.4 is 0 Å². The van der Waals surface area contributed by atoms with E-state index in [2.05, 4.69) is 11.1 Å². The molecule has 0 amide bonds. The van der Waals surface area contributed by atoms with Crippen molar-refractivity contribution in [3.63, 3.8) is 0 Å². The van der Waals surface area contributed by atoms with Crippen LogP contribution in [0.4, 0.5) is 0 Å². The van der Waals surface area contributed by atoms with E-state index in [0.717, 1.165) is 12.4 Å². The highest BCUT2D eigenvalue weighted by Gasteiger charge is 1.96. The molecule has 1 aromatic rings. The Hall–Kier alpha value is 0.190. The number of aromatic nitrogens is 1. The third kappa shape index (κ3) is 14.5. The largest absolute Gasteiger partial charge is 0.315 e. The number of rotatable bonds is 17. The summed E-state index contributed by atoms with van der Waals surface area (Å²) < 4.78 is 5.02. The van der Waals surface area contributed by atoms with Gasteiger partial charge in [-0.15, -0.1) is 0 Å². The minimum absolute atomic E-state index is 0.884. The molecule has 0 aliphatic heterocycles. The van der Waals surface area contributed by atoms with E-state index < -0.39 is 0 Å². The first-order chi connectivity index (χ1) is 11.9. The van der Waals surface area contributed by atoms with Gasteiger partial charge >= 0.3 is 0 Å². The van der Waals surface area contributed by atoms with Gasteiger partial charge in [-0.05, 0) is 36.6 Å². The van der Waals surface area contributed by atoms with E-state index in [0.29, 0.717) is 0 Å². The van der Waals surface area contributed by atoms with Crippen LogP contribution in [-0.4, -0.2) is 23.1 Å². The van der Waals surface area contributed by atoms with Crippen molar-refractivity contribution in [1.82, 2.24) is 4.98 Å². The molecule has 2 nitrogen and oxygen atoms in total. The van der Waals surface area contributed by atoms with Crippen LogP contribution >= 0.6 is 34.8 Å². The van der Waals surface area contributed by atoms with Crippen molar-refractivity contribution in [2.45, 2.75) is 77.0 Å². The lowest BCUT2D eigenvalue weighted by Gasteiger charge is -2.04.